The zero-order valence-electron chi connectivity index (χ0n) is 30.5. The first kappa shape index (κ1) is 39.2. The van der Waals surface area contributed by atoms with Crippen molar-refractivity contribution in [2.24, 2.45) is 9.98 Å². The lowest BCUT2D eigenvalue weighted by Gasteiger charge is -2.08. The molecule has 4 aromatic carbocycles. The van der Waals surface area contributed by atoms with E-state index in [-0.39, 0.29) is 11.5 Å². The fraction of sp³-hybridized carbons (Fsp3) is 0.220. The van der Waals surface area contributed by atoms with Crippen LogP contribution in [0.4, 0.5) is 28.9 Å². The van der Waals surface area contributed by atoms with Gasteiger partial charge in [0.2, 0.25) is 0 Å². The standard InChI is InChI=1S/C21H18F2N2OS2.C20H17F2N3O2S/c1-26-13-10-9-12-5-3-8-17-19(14(12)11-13)28-21(24-17)20(27-2)25-18-15(22)6-4-7-16(18)23;1-27-12-9-8-11-4-2-7-16-18(13(11)10-12)28-20(23-16)19(25-26)24-17-14(21)5-3-6-15(17)22/h4,6-7,9-11H,3,5,8H2,1-2H3;3,5-6,8-10,26H,2,4,7H2,1H3,(H,24,25). The van der Waals surface area contributed by atoms with Crippen LogP contribution < -0.4 is 15.0 Å². The van der Waals surface area contributed by atoms with Crippen LogP contribution in [0.5, 0.6) is 11.5 Å². The number of hydrogen-bond acceptors (Lipinski definition) is 10. The highest BCUT2D eigenvalue weighted by molar-refractivity contribution is 8.14. The Kier molecular flexibility index (Phi) is 12.1. The Balaban J connectivity index is 0.000000172. The van der Waals surface area contributed by atoms with Crippen molar-refractivity contribution >= 4 is 56.7 Å². The first-order valence-electron chi connectivity index (χ1n) is 17.6. The Morgan fingerprint density at radius 2 is 1.14 bits per heavy atom. The molecule has 288 valence electrons. The molecule has 15 heteroatoms. The maximum Gasteiger partial charge on any atom is 0.187 e. The maximum absolute atomic E-state index is 14.0. The minimum Gasteiger partial charge on any atom is -0.497 e. The van der Waals surface area contributed by atoms with E-state index in [0.717, 1.165) is 94.4 Å². The van der Waals surface area contributed by atoms with Crippen molar-refractivity contribution in [3.63, 3.8) is 0 Å². The molecular weight excluding hydrogens is 783 g/mol. The van der Waals surface area contributed by atoms with Crippen LogP contribution in [0, 0.1) is 23.3 Å². The normalized spacial score (nSPS) is 13.6. The predicted molar refractivity (Wildman–Crippen MR) is 216 cm³/mol. The molecule has 0 unspecified atom stereocenters. The molecule has 0 spiro atoms. The SMILES string of the molecule is COc1ccc2c(c1)-c1sc(C(=Nc3c(F)cccc3F)NO)nc1CCC2.COc1ccc2c(c1)-c1sc(C(=Nc3c(F)cccc3F)SC)nc1CCC2. The highest BCUT2D eigenvalue weighted by Crippen LogP contribution is 2.41. The smallest absolute Gasteiger partial charge is 0.187 e. The molecule has 8 nitrogen and oxygen atoms in total. The third kappa shape index (κ3) is 8.21. The second-order valence-corrected chi connectivity index (χ2v) is 15.5. The highest BCUT2D eigenvalue weighted by Gasteiger charge is 2.24. The molecule has 8 rings (SSSR count). The zero-order valence-corrected chi connectivity index (χ0v) is 32.9. The van der Waals surface area contributed by atoms with Crippen molar-refractivity contribution in [1.82, 2.24) is 15.4 Å². The molecule has 0 radical (unpaired) electrons. The summed E-state index contributed by atoms with van der Waals surface area (Å²) in [5, 5.41) is 11.1. The summed E-state index contributed by atoms with van der Waals surface area (Å²) in [7, 11) is 3.26. The van der Waals surface area contributed by atoms with Gasteiger partial charge in [0, 0.05) is 11.1 Å². The summed E-state index contributed by atoms with van der Waals surface area (Å²) >= 11 is 4.15. The molecule has 0 atom stereocenters. The lowest BCUT2D eigenvalue weighted by molar-refractivity contribution is 0.235. The molecule has 2 N–H and O–H groups in total. The van der Waals surface area contributed by atoms with E-state index in [1.165, 1.54) is 69.8 Å². The monoisotopic (exact) mass is 817 g/mol. The van der Waals surface area contributed by atoms with Gasteiger partial charge in [-0.1, -0.05) is 24.3 Å². The average molecular weight is 818 g/mol. The molecular formula is C41H35F4N5O3S3. The first-order valence-corrected chi connectivity index (χ1v) is 20.4. The van der Waals surface area contributed by atoms with Gasteiger partial charge in [-0.25, -0.2) is 43.0 Å². The summed E-state index contributed by atoms with van der Waals surface area (Å²) in [5.41, 5.74) is 7.63. The lowest BCUT2D eigenvalue weighted by Crippen LogP contribution is -2.20. The Morgan fingerprint density at radius 1 is 0.679 bits per heavy atom. The van der Waals surface area contributed by atoms with Gasteiger partial charge in [0.15, 0.2) is 34.1 Å². The quantitative estimate of drug-likeness (QED) is 0.0747. The fourth-order valence-electron chi connectivity index (χ4n) is 6.48. The zero-order chi connectivity index (χ0) is 39.3. The number of thioether (sulfide) groups is 1. The summed E-state index contributed by atoms with van der Waals surface area (Å²) < 4.78 is 66.7. The van der Waals surface area contributed by atoms with Crippen LogP contribution in [0.3, 0.4) is 0 Å². The number of thiazole rings is 2. The number of benzene rings is 4. The lowest BCUT2D eigenvalue weighted by atomic mass is 10.0. The van der Waals surface area contributed by atoms with Gasteiger partial charge in [-0.05, 0) is 104 Å². The van der Waals surface area contributed by atoms with Gasteiger partial charge in [-0.2, -0.15) is 0 Å². The Bertz CT molecular complexity index is 2260. The largest absolute Gasteiger partial charge is 0.497 e. The van der Waals surface area contributed by atoms with Crippen molar-refractivity contribution in [3.05, 3.63) is 129 Å². The van der Waals surface area contributed by atoms with E-state index in [1.54, 1.807) is 14.2 Å². The van der Waals surface area contributed by atoms with Crippen molar-refractivity contribution in [1.29, 1.82) is 0 Å². The molecule has 56 heavy (non-hydrogen) atoms. The van der Waals surface area contributed by atoms with Crippen LogP contribution in [0.15, 0.2) is 82.8 Å². The van der Waals surface area contributed by atoms with Gasteiger partial charge in [0.1, 0.15) is 32.9 Å². The maximum atomic E-state index is 14.0. The molecule has 0 saturated carbocycles. The number of aromatic nitrogens is 2. The van der Waals surface area contributed by atoms with Crippen molar-refractivity contribution in [3.8, 4) is 32.4 Å². The summed E-state index contributed by atoms with van der Waals surface area (Å²) in [6.45, 7) is 0. The molecule has 0 saturated heterocycles. The molecule has 0 aliphatic heterocycles. The van der Waals surface area contributed by atoms with E-state index in [1.807, 2.05) is 42.1 Å². The van der Waals surface area contributed by atoms with E-state index < -0.39 is 29.0 Å². The number of aliphatic imine (C=N–C) groups is 2. The number of hydrogen-bond donors (Lipinski definition) is 2. The van der Waals surface area contributed by atoms with E-state index in [9.17, 15) is 22.8 Å². The van der Waals surface area contributed by atoms with Gasteiger partial charge >= 0.3 is 0 Å². The van der Waals surface area contributed by atoms with Gasteiger partial charge in [-0.15, -0.1) is 34.4 Å². The van der Waals surface area contributed by atoms with Gasteiger partial charge in [0.05, 0.1) is 35.4 Å². The first-order chi connectivity index (χ1) is 27.2. The number of aryl methyl sites for hydroxylation is 4. The second kappa shape index (κ2) is 17.4. The average Bonchev–Trinajstić information content (AvgIpc) is 3.73. The minimum atomic E-state index is -0.819. The number of methoxy groups -OCH3 is 2. The molecule has 0 amide bonds. The minimum absolute atomic E-state index is 0.105. The molecule has 0 fully saturated rings. The molecule has 2 aromatic heterocycles. The molecule has 2 aliphatic carbocycles. The number of halogens is 4. The van der Waals surface area contributed by atoms with Gasteiger partial charge < -0.3 is 9.47 Å². The Morgan fingerprint density at radius 3 is 1.61 bits per heavy atom. The number of rotatable bonds is 6. The summed E-state index contributed by atoms with van der Waals surface area (Å²) in [5.74, 6) is -1.56. The Labute approximate surface area is 333 Å². The van der Waals surface area contributed by atoms with Crippen LogP contribution in [-0.2, 0) is 25.7 Å². The number of para-hydroxylation sites is 2. The number of fused-ring (bicyclic) bond motifs is 6. The molecule has 2 heterocycles. The van der Waals surface area contributed by atoms with Crippen molar-refractivity contribution in [2.75, 3.05) is 20.5 Å². The number of ether oxygens (including phenoxy) is 2. The van der Waals surface area contributed by atoms with Crippen molar-refractivity contribution in [2.45, 2.75) is 38.5 Å². The van der Waals surface area contributed by atoms with E-state index in [0.29, 0.717) is 15.1 Å². The number of nitrogens with one attached hydrogen (secondary N) is 1. The van der Waals surface area contributed by atoms with Gasteiger partial charge in [0.25, 0.3) is 0 Å². The second-order valence-electron chi connectivity index (χ2n) is 12.7. The highest BCUT2D eigenvalue weighted by atomic mass is 32.2. The van der Waals surface area contributed by atoms with Crippen LogP contribution in [0.25, 0.3) is 20.9 Å². The van der Waals surface area contributed by atoms with Gasteiger partial charge in [-0.3, -0.25) is 5.21 Å². The van der Waals surface area contributed by atoms with Crippen LogP contribution >= 0.6 is 34.4 Å². The number of amidine groups is 1. The fourth-order valence-corrected chi connectivity index (χ4v) is 9.41. The van der Waals surface area contributed by atoms with Crippen LogP contribution in [0.2, 0.25) is 0 Å². The summed E-state index contributed by atoms with van der Waals surface area (Å²) in [6, 6.07) is 19.2. The topological polar surface area (TPSA) is 101 Å². The number of hydroxylamine groups is 1. The van der Waals surface area contributed by atoms with Crippen LogP contribution in [0.1, 0.15) is 45.4 Å². The molecule has 2 aliphatic rings. The molecule has 6 aromatic rings. The number of nitrogens with zero attached hydrogens (tertiary/aromatic N) is 4. The molecule has 0 bridgehead atoms. The van der Waals surface area contributed by atoms with E-state index in [4.69, 9.17) is 14.5 Å². The van der Waals surface area contributed by atoms with Crippen LogP contribution in [-0.4, -0.2) is 46.5 Å². The third-order valence-corrected chi connectivity index (χ3v) is 12.3. The van der Waals surface area contributed by atoms with Crippen molar-refractivity contribution < 1.29 is 32.2 Å². The Hall–Kier alpha value is -5.09. The summed E-state index contributed by atoms with van der Waals surface area (Å²) in [6.07, 6.45) is 7.30. The van der Waals surface area contributed by atoms with E-state index >= 15 is 0 Å². The third-order valence-electron chi connectivity index (χ3n) is 9.23. The summed E-state index contributed by atoms with van der Waals surface area (Å²) in [4.78, 5) is 19.6. The predicted octanol–water partition coefficient (Wildman–Crippen LogP) is 10.7. The van der Waals surface area contributed by atoms with E-state index in [2.05, 4.69) is 21.0 Å².